The van der Waals surface area contributed by atoms with Crippen molar-refractivity contribution in [1.82, 2.24) is 0 Å². The molecule has 0 bridgehead atoms. The van der Waals surface area contributed by atoms with Gasteiger partial charge in [0.2, 0.25) is 0 Å². The molecular weight excluding hydrogens is 395 g/mol. The number of aliphatic hydroxyl groups is 1. The minimum atomic E-state index is -0.0276. The number of aliphatic hydroxyl groups excluding tert-OH is 1. The second-order valence-electron chi connectivity index (χ2n) is 5.21. The summed E-state index contributed by atoms with van der Waals surface area (Å²) in [5, 5.41) is 11.9. The maximum atomic E-state index is 9.48. The van der Waals surface area contributed by atoms with Crippen molar-refractivity contribution in [3.8, 4) is 21.7 Å². The van der Waals surface area contributed by atoms with Gasteiger partial charge in [-0.1, -0.05) is 54.2 Å². The smallest absolute Gasteiger partial charge is 0.0760 e. The van der Waals surface area contributed by atoms with Crippen molar-refractivity contribution in [2.45, 2.75) is 25.7 Å². The van der Waals surface area contributed by atoms with E-state index in [9.17, 15) is 5.11 Å². The summed E-state index contributed by atoms with van der Waals surface area (Å²) in [5.41, 5.74) is 1.83. The molecule has 23 heavy (non-hydrogen) atoms. The number of unbranched alkanes of at least 4 members (excludes halogenated alkanes) is 3. The van der Waals surface area contributed by atoms with Gasteiger partial charge in [0.05, 0.1) is 6.61 Å². The Kier molecular flexibility index (Phi) is 7.73. The van der Waals surface area contributed by atoms with E-state index >= 15 is 0 Å². The zero-order valence-electron chi connectivity index (χ0n) is 13.0. The summed E-state index contributed by atoms with van der Waals surface area (Å²) < 4.78 is 2.87. The summed E-state index contributed by atoms with van der Waals surface area (Å²) in [6.45, 7) is -0.0276. The third kappa shape index (κ3) is 6.10. The Morgan fingerprint density at radius 2 is 1.74 bits per heavy atom. The van der Waals surface area contributed by atoms with Crippen molar-refractivity contribution in [3.63, 3.8) is 0 Å². The van der Waals surface area contributed by atoms with Crippen LogP contribution in [0, 0.1) is 21.7 Å². The van der Waals surface area contributed by atoms with E-state index in [1.54, 1.807) is 0 Å². The number of hydrogen-bond acceptors (Lipinski definition) is 1. The van der Waals surface area contributed by atoms with Gasteiger partial charge in [-0.3, -0.25) is 0 Å². The third-order valence-corrected chi connectivity index (χ3v) is 3.84. The largest absolute Gasteiger partial charge is 0.391 e. The summed E-state index contributed by atoms with van der Waals surface area (Å²) in [6.07, 6.45) is 5.87. The summed E-state index contributed by atoms with van der Waals surface area (Å²) in [4.78, 5) is 0. The molecule has 0 saturated heterocycles. The molecule has 0 aliphatic rings. The molecule has 2 rings (SSSR count). The van der Waals surface area contributed by atoms with Gasteiger partial charge >= 0.3 is 0 Å². The minimum Gasteiger partial charge on any atom is -0.391 e. The minimum absolute atomic E-state index is 0.0276. The van der Waals surface area contributed by atoms with Crippen LogP contribution in [0.2, 0.25) is 0 Å². The first-order chi connectivity index (χ1) is 11.3. The van der Waals surface area contributed by atoms with E-state index in [0.29, 0.717) is 0 Å². The number of rotatable bonds is 5. The quantitative estimate of drug-likeness (QED) is 0.407. The molecule has 1 nitrogen and oxygen atoms in total. The van der Waals surface area contributed by atoms with Crippen molar-refractivity contribution in [1.29, 1.82) is 0 Å². The molecule has 0 saturated carbocycles. The Morgan fingerprint density at radius 3 is 2.48 bits per heavy atom. The topological polar surface area (TPSA) is 20.2 Å². The number of hydrogen-bond donors (Lipinski definition) is 1. The molecule has 0 radical (unpaired) electrons. The van der Waals surface area contributed by atoms with Crippen LogP contribution in [0.4, 0.5) is 0 Å². The molecule has 0 unspecified atom stereocenters. The van der Waals surface area contributed by atoms with E-state index in [-0.39, 0.29) is 6.61 Å². The molecular formula is C21H19IO. The molecule has 2 aromatic carbocycles. The zero-order chi connectivity index (χ0) is 16.3. The fourth-order valence-electron chi connectivity index (χ4n) is 2.27. The van der Waals surface area contributed by atoms with Gasteiger partial charge in [-0.2, -0.15) is 0 Å². The Hall–Kier alpha value is -1.75. The lowest BCUT2D eigenvalue weighted by atomic mass is 10.1. The van der Waals surface area contributed by atoms with Crippen LogP contribution in [0.3, 0.4) is 0 Å². The lowest BCUT2D eigenvalue weighted by Crippen LogP contribution is -1.87. The highest BCUT2D eigenvalue weighted by atomic mass is 127. The van der Waals surface area contributed by atoms with Gasteiger partial charge in [0, 0.05) is 41.0 Å². The molecule has 116 valence electrons. The van der Waals surface area contributed by atoms with Crippen LogP contribution < -0.4 is 0 Å². The predicted molar refractivity (Wildman–Crippen MR) is 107 cm³/mol. The first kappa shape index (κ1) is 17.6. The van der Waals surface area contributed by atoms with Crippen molar-refractivity contribution in [2.24, 2.45) is 0 Å². The lowest BCUT2D eigenvalue weighted by molar-refractivity contribution is 0.337. The molecule has 2 heteroatoms. The van der Waals surface area contributed by atoms with Crippen LogP contribution in [0.25, 0.3) is 16.8 Å². The van der Waals surface area contributed by atoms with E-state index < -0.39 is 0 Å². The van der Waals surface area contributed by atoms with E-state index in [4.69, 9.17) is 0 Å². The second-order valence-corrected chi connectivity index (χ2v) is 5.75. The Labute approximate surface area is 151 Å². The summed E-state index contributed by atoms with van der Waals surface area (Å²) in [6, 6.07) is 14.5. The van der Waals surface area contributed by atoms with Crippen LogP contribution in [-0.4, -0.2) is 11.7 Å². The van der Waals surface area contributed by atoms with Gasteiger partial charge in [0.15, 0.2) is 0 Å². The predicted octanol–water partition coefficient (Wildman–Crippen LogP) is 5.18. The van der Waals surface area contributed by atoms with Gasteiger partial charge in [0.1, 0.15) is 0 Å². The molecule has 0 aliphatic heterocycles. The molecule has 1 N–H and O–H groups in total. The molecule has 0 aliphatic carbocycles. The SMILES string of the molecule is OC/C(C#CCCCCC#CI)=C/c1ccc2ccccc2c1. The summed E-state index contributed by atoms with van der Waals surface area (Å²) >= 11 is 2.06. The number of benzene rings is 2. The highest BCUT2D eigenvalue weighted by Gasteiger charge is 1.96. The zero-order valence-corrected chi connectivity index (χ0v) is 15.1. The molecule has 0 heterocycles. The van der Waals surface area contributed by atoms with Crippen LogP contribution in [-0.2, 0) is 0 Å². The molecule has 0 aromatic heterocycles. The van der Waals surface area contributed by atoms with Gasteiger partial charge in [-0.15, -0.1) is 0 Å². The van der Waals surface area contributed by atoms with Crippen LogP contribution in [0.5, 0.6) is 0 Å². The summed E-state index contributed by atoms with van der Waals surface area (Å²) in [7, 11) is 0. The van der Waals surface area contributed by atoms with Crippen LogP contribution >= 0.6 is 22.6 Å². The van der Waals surface area contributed by atoms with E-state index in [2.05, 4.69) is 74.6 Å². The molecule has 0 amide bonds. The monoisotopic (exact) mass is 414 g/mol. The Bertz CT molecular complexity index is 797. The third-order valence-electron chi connectivity index (χ3n) is 3.45. The van der Waals surface area contributed by atoms with Crippen molar-refractivity contribution >= 4 is 39.4 Å². The van der Waals surface area contributed by atoms with E-state index in [1.807, 2.05) is 18.2 Å². The van der Waals surface area contributed by atoms with E-state index in [1.165, 1.54) is 10.8 Å². The average molecular weight is 414 g/mol. The Balaban J connectivity index is 2.00. The van der Waals surface area contributed by atoms with Crippen molar-refractivity contribution in [2.75, 3.05) is 6.61 Å². The summed E-state index contributed by atoms with van der Waals surface area (Å²) in [5.74, 6) is 9.27. The van der Waals surface area contributed by atoms with Crippen LogP contribution in [0.15, 0.2) is 48.0 Å². The van der Waals surface area contributed by atoms with E-state index in [0.717, 1.165) is 36.8 Å². The average Bonchev–Trinajstić information content (AvgIpc) is 2.59. The van der Waals surface area contributed by atoms with Gasteiger partial charge in [-0.25, -0.2) is 0 Å². The normalized spacial score (nSPS) is 10.6. The maximum absolute atomic E-state index is 9.48. The van der Waals surface area contributed by atoms with Gasteiger partial charge in [-0.05, 0) is 45.2 Å². The first-order valence-electron chi connectivity index (χ1n) is 7.71. The first-order valence-corrected chi connectivity index (χ1v) is 8.79. The lowest BCUT2D eigenvalue weighted by Gasteiger charge is -2.00. The fourth-order valence-corrected chi connectivity index (χ4v) is 2.54. The standard InChI is InChI=1S/C21H19IO/c22-14-8-4-2-1-3-5-9-19(17-23)15-18-12-13-20-10-6-7-11-21(20)16-18/h6-7,10-13,15-16,23H,1-4,17H2/b19-15+. The second kappa shape index (κ2) is 10.1. The molecule has 2 aromatic rings. The van der Waals surface area contributed by atoms with Crippen molar-refractivity contribution in [3.05, 3.63) is 53.6 Å². The number of fused-ring (bicyclic) bond motifs is 1. The molecule has 0 atom stereocenters. The molecule has 0 fully saturated rings. The Morgan fingerprint density at radius 1 is 1.00 bits per heavy atom. The fraction of sp³-hybridized carbons (Fsp3) is 0.238. The highest BCUT2D eigenvalue weighted by Crippen LogP contribution is 2.17. The van der Waals surface area contributed by atoms with Gasteiger partial charge in [0.25, 0.3) is 0 Å². The van der Waals surface area contributed by atoms with Crippen molar-refractivity contribution < 1.29 is 5.11 Å². The highest BCUT2D eigenvalue weighted by molar-refractivity contribution is 14.1. The van der Waals surface area contributed by atoms with Gasteiger partial charge < -0.3 is 5.11 Å². The maximum Gasteiger partial charge on any atom is 0.0760 e. The number of halogens is 1. The molecule has 0 spiro atoms. The van der Waals surface area contributed by atoms with Crippen LogP contribution in [0.1, 0.15) is 31.2 Å².